The molecule has 2 aromatic heterocycles. The lowest BCUT2D eigenvalue weighted by atomic mass is 9.65. The molecule has 0 aliphatic heterocycles. The molecular weight excluding hydrogens is 707 g/mol. The number of nitrogens with zero attached hydrogens (tertiary/aromatic N) is 2. The van der Waals surface area contributed by atoms with E-state index in [0.29, 0.717) is 0 Å². The largest absolute Gasteiger partial charge is 0.456 e. The summed E-state index contributed by atoms with van der Waals surface area (Å²) < 4.78 is 9.90. The zero-order valence-electron chi connectivity index (χ0n) is 35.2. The van der Waals surface area contributed by atoms with Gasteiger partial charge in [0, 0.05) is 33.4 Å². The second-order valence-electron chi connectivity index (χ2n) is 16.4. The van der Waals surface area contributed by atoms with E-state index < -0.39 is 0 Å². The van der Waals surface area contributed by atoms with Crippen molar-refractivity contribution in [2.45, 2.75) is 0 Å². The standard InChI is InChI=1S/C48H40B8N2O/c49-38-36-34-33(58(29-14-8-3-9-15-29)46(36)44(55)42(53)40(38)51)24-32(35-37-39(50)41(52)43(54)45(56)48(37)59-47(34)35)57(30-20-16-27(17-21-30)25-10-4-1-5-11-25)31-22-18-28(19-23-31)26-12-6-2-7-13-26/h1-24H,49-56H2. The lowest BCUT2D eigenvalue weighted by Gasteiger charge is -2.27. The van der Waals surface area contributed by atoms with Gasteiger partial charge in [0.1, 0.15) is 73.9 Å². The van der Waals surface area contributed by atoms with Gasteiger partial charge in [0.25, 0.3) is 0 Å². The van der Waals surface area contributed by atoms with Crippen molar-refractivity contribution in [3.8, 4) is 27.9 Å². The Morgan fingerprint density at radius 1 is 0.373 bits per heavy atom. The molecule has 0 spiro atoms. The number of aromatic nitrogens is 1. The Bertz CT molecular complexity index is 3190. The van der Waals surface area contributed by atoms with Crippen LogP contribution in [0.4, 0.5) is 17.1 Å². The van der Waals surface area contributed by atoms with Crippen molar-refractivity contribution in [2.75, 3.05) is 4.90 Å². The molecule has 10 aromatic rings. The number of anilines is 3. The van der Waals surface area contributed by atoms with Gasteiger partial charge < -0.3 is 13.9 Å². The van der Waals surface area contributed by atoms with E-state index >= 15 is 0 Å². The molecule has 0 unspecified atom stereocenters. The van der Waals surface area contributed by atoms with Gasteiger partial charge in [-0.05, 0) is 64.7 Å². The highest BCUT2D eigenvalue weighted by molar-refractivity contribution is 6.69. The Morgan fingerprint density at radius 2 is 0.814 bits per heavy atom. The van der Waals surface area contributed by atoms with Crippen LogP contribution in [0.2, 0.25) is 0 Å². The first-order valence-electron chi connectivity index (χ1n) is 20.7. The predicted molar refractivity (Wildman–Crippen MR) is 279 cm³/mol. The average molecular weight is 747 g/mol. The molecule has 0 bridgehead atoms. The maximum absolute atomic E-state index is 7.41. The summed E-state index contributed by atoms with van der Waals surface area (Å²) in [6, 6.07) is 52.6. The van der Waals surface area contributed by atoms with Crippen LogP contribution in [0.1, 0.15) is 0 Å². The van der Waals surface area contributed by atoms with E-state index in [1.54, 1.807) is 0 Å². The van der Waals surface area contributed by atoms with Crippen LogP contribution in [0.25, 0.3) is 71.7 Å². The molecule has 0 saturated heterocycles. The topological polar surface area (TPSA) is 21.3 Å². The second-order valence-corrected chi connectivity index (χ2v) is 16.4. The average Bonchev–Trinajstić information content (AvgIpc) is 3.85. The summed E-state index contributed by atoms with van der Waals surface area (Å²) in [6.07, 6.45) is 0. The van der Waals surface area contributed by atoms with E-state index in [4.69, 9.17) is 4.42 Å². The molecule has 0 radical (unpaired) electrons. The first-order valence-corrected chi connectivity index (χ1v) is 20.7. The minimum absolute atomic E-state index is 0.931. The number of fused-ring (bicyclic) bond motifs is 7. The van der Waals surface area contributed by atoms with E-state index in [1.807, 2.05) is 0 Å². The molecule has 0 fully saturated rings. The summed E-state index contributed by atoms with van der Waals surface area (Å²) in [5.74, 6) is 0. The van der Waals surface area contributed by atoms with Crippen molar-refractivity contribution in [2.24, 2.45) is 0 Å². The Kier molecular flexibility index (Phi) is 8.90. The van der Waals surface area contributed by atoms with Crippen LogP contribution in [0.5, 0.6) is 0 Å². The number of benzene rings is 8. The molecule has 0 aliphatic rings. The number of para-hydroxylation sites is 1. The summed E-state index contributed by atoms with van der Waals surface area (Å²) in [6.45, 7) is 0. The fourth-order valence-electron chi connectivity index (χ4n) is 9.52. The number of hydrogen-bond donors (Lipinski definition) is 0. The normalized spacial score (nSPS) is 11.6. The lowest BCUT2D eigenvalue weighted by Crippen LogP contribution is -2.48. The van der Waals surface area contributed by atoms with Crippen molar-refractivity contribution < 1.29 is 4.42 Å². The number of rotatable bonds is 6. The van der Waals surface area contributed by atoms with Crippen LogP contribution in [0, 0.1) is 0 Å². The van der Waals surface area contributed by atoms with Gasteiger partial charge in [0.2, 0.25) is 0 Å². The lowest BCUT2D eigenvalue weighted by molar-refractivity contribution is 0.676. The monoisotopic (exact) mass is 748 g/mol. The van der Waals surface area contributed by atoms with E-state index in [0.717, 1.165) is 50.2 Å². The molecule has 10 rings (SSSR count). The molecule has 8 aromatic carbocycles. The Morgan fingerprint density at radius 3 is 1.34 bits per heavy atom. The van der Waals surface area contributed by atoms with Crippen LogP contribution < -0.4 is 48.6 Å². The van der Waals surface area contributed by atoms with Gasteiger partial charge in [0.15, 0.2) is 0 Å². The third-order valence-corrected chi connectivity index (χ3v) is 13.4. The summed E-state index contributed by atoms with van der Waals surface area (Å²) in [5, 5.41) is 4.74. The van der Waals surface area contributed by atoms with Gasteiger partial charge in [-0.15, -0.1) is 10.9 Å². The Balaban J connectivity index is 1.39. The highest BCUT2D eigenvalue weighted by Gasteiger charge is 2.29. The highest BCUT2D eigenvalue weighted by atomic mass is 16.3. The summed E-state index contributed by atoms with van der Waals surface area (Å²) in [5.41, 5.74) is 23.6. The third-order valence-electron chi connectivity index (χ3n) is 13.4. The Labute approximate surface area is 353 Å². The number of hydrogen-bond acceptors (Lipinski definition) is 2. The third kappa shape index (κ3) is 5.69. The van der Waals surface area contributed by atoms with E-state index in [2.05, 4.69) is 218 Å². The van der Waals surface area contributed by atoms with Crippen molar-refractivity contribution in [3.05, 3.63) is 146 Å². The van der Waals surface area contributed by atoms with Crippen molar-refractivity contribution in [1.29, 1.82) is 0 Å². The summed E-state index contributed by atoms with van der Waals surface area (Å²) in [4.78, 5) is 2.45. The van der Waals surface area contributed by atoms with Gasteiger partial charge in [-0.1, -0.05) is 136 Å². The van der Waals surface area contributed by atoms with Gasteiger partial charge >= 0.3 is 0 Å². The van der Waals surface area contributed by atoms with Gasteiger partial charge in [-0.3, -0.25) is 0 Å². The highest BCUT2D eigenvalue weighted by Crippen LogP contribution is 2.48. The van der Waals surface area contributed by atoms with E-state index in [1.165, 1.54) is 82.2 Å². The molecule has 272 valence electrons. The molecular formula is C48H40B8N2O. The van der Waals surface area contributed by atoms with Crippen molar-refractivity contribution in [3.63, 3.8) is 0 Å². The van der Waals surface area contributed by atoms with Crippen molar-refractivity contribution in [1.82, 2.24) is 4.57 Å². The molecule has 2 heterocycles. The second kappa shape index (κ2) is 14.2. The summed E-state index contributed by atoms with van der Waals surface area (Å²) >= 11 is 0. The Hall–Kier alpha value is -6.32. The zero-order chi connectivity index (χ0) is 40.7. The quantitative estimate of drug-likeness (QED) is 0.216. The number of furan rings is 1. The molecule has 0 aliphatic carbocycles. The first-order chi connectivity index (χ1) is 28.6. The molecule has 0 amide bonds. The molecule has 11 heteroatoms. The fourth-order valence-corrected chi connectivity index (χ4v) is 9.52. The van der Waals surface area contributed by atoms with E-state index in [9.17, 15) is 0 Å². The zero-order valence-corrected chi connectivity index (χ0v) is 35.2. The van der Waals surface area contributed by atoms with Crippen LogP contribution in [-0.4, -0.2) is 67.3 Å². The van der Waals surface area contributed by atoms with Crippen LogP contribution in [-0.2, 0) is 0 Å². The molecule has 59 heavy (non-hydrogen) atoms. The molecule has 0 N–H and O–H groups in total. The van der Waals surface area contributed by atoms with Crippen LogP contribution >= 0.6 is 0 Å². The van der Waals surface area contributed by atoms with Crippen LogP contribution in [0.3, 0.4) is 0 Å². The molecule has 3 nitrogen and oxygen atoms in total. The maximum Gasteiger partial charge on any atom is 0.147 e. The fraction of sp³-hybridized carbons (Fsp3) is 0. The first kappa shape index (κ1) is 37.0. The van der Waals surface area contributed by atoms with Crippen molar-refractivity contribution >= 4 is 167 Å². The van der Waals surface area contributed by atoms with Gasteiger partial charge in [-0.2, -0.15) is 0 Å². The van der Waals surface area contributed by atoms with E-state index in [-0.39, 0.29) is 0 Å². The summed E-state index contributed by atoms with van der Waals surface area (Å²) in [7, 11) is 18.1. The van der Waals surface area contributed by atoms with Gasteiger partial charge in [0.05, 0.1) is 22.0 Å². The molecule has 0 atom stereocenters. The minimum Gasteiger partial charge on any atom is -0.456 e. The minimum atomic E-state index is 0.931. The van der Waals surface area contributed by atoms with Gasteiger partial charge in [-0.25, -0.2) is 0 Å². The van der Waals surface area contributed by atoms with Crippen LogP contribution in [0.15, 0.2) is 150 Å². The smallest absolute Gasteiger partial charge is 0.147 e. The SMILES string of the molecule is Bc1c(B)c(B)c2c(oc3c2c(N(c2ccc(-c4ccccc4)cc2)c2ccc(-c4ccccc4)cc2)cc2c3c3c(B)c(B)c(B)c(B)c3n2-c2ccccc2)c1B. The maximum atomic E-state index is 7.41. The molecule has 0 saturated carbocycles. The predicted octanol–water partition coefficient (Wildman–Crippen LogP) is -0.446.